The molecule has 0 aliphatic carbocycles. The molecule has 0 aliphatic rings. The molecule has 2 rings (SSSR count). The van der Waals surface area contributed by atoms with E-state index in [1.54, 1.807) is 0 Å². The Morgan fingerprint density at radius 1 is 1.05 bits per heavy atom. The fourth-order valence-corrected chi connectivity index (χ4v) is 1.92. The van der Waals surface area contributed by atoms with Crippen molar-refractivity contribution in [1.82, 2.24) is 9.97 Å². The molecule has 0 spiro atoms. The Balaban J connectivity index is 2.68. The highest BCUT2D eigenvalue weighted by Gasteiger charge is 2.61. The van der Waals surface area contributed by atoms with E-state index in [-0.39, 0.29) is 10.9 Å². The van der Waals surface area contributed by atoms with Crippen molar-refractivity contribution in [3.05, 3.63) is 33.6 Å². The number of hydrogen-bond acceptors (Lipinski definition) is 2. The van der Waals surface area contributed by atoms with Crippen LogP contribution in [0.15, 0.2) is 22.7 Å². The number of aromatic nitrogens is 2. The Bertz CT molecular complexity index is 644. The number of halogens is 7. The summed E-state index contributed by atoms with van der Waals surface area (Å²) in [5.74, 6) is -6.82. The molecule has 0 amide bonds. The molecule has 2 nitrogen and oxygen atoms in total. The molecule has 0 unspecified atom stereocenters. The maximum atomic E-state index is 13.1. The van der Waals surface area contributed by atoms with E-state index in [1.807, 2.05) is 0 Å². The van der Waals surface area contributed by atoms with E-state index >= 15 is 0 Å². The van der Waals surface area contributed by atoms with Gasteiger partial charge in [0.1, 0.15) is 5.15 Å². The van der Waals surface area contributed by atoms with Crippen molar-refractivity contribution in [1.29, 1.82) is 0 Å². The van der Waals surface area contributed by atoms with Gasteiger partial charge in [-0.2, -0.15) is 22.0 Å². The topological polar surface area (TPSA) is 25.8 Å². The molecule has 0 saturated heterocycles. The van der Waals surface area contributed by atoms with E-state index in [0.717, 1.165) is 0 Å². The van der Waals surface area contributed by atoms with Crippen molar-refractivity contribution >= 4 is 38.4 Å². The maximum Gasteiger partial charge on any atom is 0.461 e. The SMILES string of the molecule is FC(F)(F)C(F)(F)c1nc(Cl)c2cc(Br)ccc2n1. The summed E-state index contributed by atoms with van der Waals surface area (Å²) in [5, 5.41) is -0.289. The van der Waals surface area contributed by atoms with Gasteiger partial charge in [0.2, 0.25) is 5.82 Å². The first-order chi connectivity index (χ1) is 8.63. The molecule has 0 radical (unpaired) electrons. The van der Waals surface area contributed by atoms with Crippen LogP contribution in [0.3, 0.4) is 0 Å². The Morgan fingerprint density at radius 2 is 1.68 bits per heavy atom. The lowest BCUT2D eigenvalue weighted by molar-refractivity contribution is -0.292. The third-order valence-corrected chi connectivity index (χ3v) is 3.03. The molecule has 0 fully saturated rings. The van der Waals surface area contributed by atoms with Gasteiger partial charge < -0.3 is 0 Å². The second-order valence-electron chi connectivity index (χ2n) is 3.57. The highest BCUT2D eigenvalue weighted by Crippen LogP contribution is 2.43. The molecule has 0 bridgehead atoms. The highest BCUT2D eigenvalue weighted by molar-refractivity contribution is 9.10. The predicted octanol–water partition coefficient (Wildman–Crippen LogP) is 4.70. The van der Waals surface area contributed by atoms with Crippen LogP contribution in [0.25, 0.3) is 10.9 Å². The predicted molar refractivity (Wildman–Crippen MR) is 62.2 cm³/mol. The smallest absolute Gasteiger partial charge is 0.227 e. The molecule has 0 N–H and O–H groups in total. The van der Waals surface area contributed by atoms with Crippen LogP contribution in [0.4, 0.5) is 22.0 Å². The summed E-state index contributed by atoms with van der Waals surface area (Å²) in [6.45, 7) is 0. The summed E-state index contributed by atoms with van der Waals surface area (Å²) in [7, 11) is 0. The fraction of sp³-hybridized carbons (Fsp3) is 0.200. The average molecular weight is 361 g/mol. The first kappa shape index (κ1) is 14.4. The van der Waals surface area contributed by atoms with Gasteiger partial charge in [-0.3, -0.25) is 0 Å². The molecule has 0 aliphatic heterocycles. The summed E-state index contributed by atoms with van der Waals surface area (Å²) in [4.78, 5) is 6.27. The van der Waals surface area contributed by atoms with E-state index in [2.05, 4.69) is 25.9 Å². The van der Waals surface area contributed by atoms with E-state index < -0.39 is 23.1 Å². The highest BCUT2D eigenvalue weighted by atomic mass is 79.9. The van der Waals surface area contributed by atoms with Gasteiger partial charge in [-0.15, -0.1) is 0 Å². The zero-order valence-corrected chi connectivity index (χ0v) is 11.1. The molecule has 1 heterocycles. The number of hydrogen-bond donors (Lipinski definition) is 0. The van der Waals surface area contributed by atoms with Crippen LogP contribution in [0.2, 0.25) is 5.15 Å². The monoisotopic (exact) mass is 360 g/mol. The van der Waals surface area contributed by atoms with E-state index in [1.165, 1.54) is 18.2 Å². The van der Waals surface area contributed by atoms with Crippen LogP contribution in [0.1, 0.15) is 5.82 Å². The van der Waals surface area contributed by atoms with Crippen LogP contribution < -0.4 is 0 Å². The number of rotatable bonds is 1. The molecule has 102 valence electrons. The van der Waals surface area contributed by atoms with Gasteiger partial charge in [-0.25, -0.2) is 9.97 Å². The van der Waals surface area contributed by atoms with Gasteiger partial charge in [0, 0.05) is 9.86 Å². The molecule has 1 aromatic carbocycles. The third-order valence-electron chi connectivity index (χ3n) is 2.25. The quantitative estimate of drug-likeness (QED) is 0.543. The first-order valence-corrected chi connectivity index (χ1v) is 5.88. The zero-order chi connectivity index (χ0) is 14.4. The van der Waals surface area contributed by atoms with Gasteiger partial charge >= 0.3 is 12.1 Å². The number of benzene rings is 1. The van der Waals surface area contributed by atoms with Gasteiger partial charge in [0.05, 0.1) is 5.52 Å². The minimum absolute atomic E-state index is 0.0953. The van der Waals surface area contributed by atoms with Crippen LogP contribution in [0.5, 0.6) is 0 Å². The Kier molecular flexibility index (Phi) is 3.42. The first-order valence-electron chi connectivity index (χ1n) is 4.71. The summed E-state index contributed by atoms with van der Waals surface area (Å²) in [6.07, 6.45) is -5.78. The van der Waals surface area contributed by atoms with E-state index in [9.17, 15) is 22.0 Å². The standard InChI is InChI=1S/C10H3BrClF5N2/c11-4-1-2-6-5(3-4)7(12)19-8(18-6)9(13,14)10(15,16)17/h1-3H. The normalized spacial score (nSPS) is 13.0. The van der Waals surface area contributed by atoms with Crippen LogP contribution in [-0.2, 0) is 5.92 Å². The Morgan fingerprint density at radius 3 is 2.26 bits per heavy atom. The van der Waals surface area contributed by atoms with Gasteiger partial charge in [0.25, 0.3) is 0 Å². The summed E-state index contributed by atoms with van der Waals surface area (Å²) in [5.41, 5.74) is -0.0953. The summed E-state index contributed by atoms with van der Waals surface area (Å²) in [6, 6.07) is 4.14. The third kappa shape index (κ3) is 2.51. The van der Waals surface area contributed by atoms with Crippen molar-refractivity contribution < 1.29 is 22.0 Å². The summed E-state index contributed by atoms with van der Waals surface area (Å²) >= 11 is 8.73. The second kappa shape index (κ2) is 4.52. The minimum Gasteiger partial charge on any atom is -0.227 e. The molecular formula is C10H3BrClF5N2. The second-order valence-corrected chi connectivity index (χ2v) is 4.85. The van der Waals surface area contributed by atoms with Crippen LogP contribution >= 0.6 is 27.5 Å². The van der Waals surface area contributed by atoms with Crippen LogP contribution in [0, 0.1) is 0 Å². The Labute approximate surface area is 116 Å². The van der Waals surface area contributed by atoms with Crippen molar-refractivity contribution in [3.8, 4) is 0 Å². The molecule has 1 aromatic heterocycles. The van der Waals surface area contributed by atoms with Crippen LogP contribution in [-0.4, -0.2) is 16.1 Å². The van der Waals surface area contributed by atoms with Crippen molar-refractivity contribution in [2.75, 3.05) is 0 Å². The largest absolute Gasteiger partial charge is 0.461 e. The molecule has 0 saturated carbocycles. The fourth-order valence-electron chi connectivity index (χ4n) is 1.33. The number of fused-ring (bicyclic) bond motifs is 1. The minimum atomic E-state index is -5.78. The Hall–Kier alpha value is -1.02. The molecule has 19 heavy (non-hydrogen) atoms. The van der Waals surface area contributed by atoms with Gasteiger partial charge in [0.15, 0.2) is 0 Å². The van der Waals surface area contributed by atoms with Gasteiger partial charge in [-0.1, -0.05) is 27.5 Å². The number of alkyl halides is 5. The van der Waals surface area contributed by atoms with Crippen molar-refractivity contribution in [3.63, 3.8) is 0 Å². The lowest BCUT2D eigenvalue weighted by Gasteiger charge is -2.18. The zero-order valence-electron chi connectivity index (χ0n) is 8.77. The molecule has 0 atom stereocenters. The summed E-state index contributed by atoms with van der Waals surface area (Å²) < 4.78 is 63.5. The average Bonchev–Trinajstić information content (AvgIpc) is 2.28. The molecule has 9 heteroatoms. The molecular weight excluding hydrogens is 358 g/mol. The maximum absolute atomic E-state index is 13.1. The lowest BCUT2D eigenvalue weighted by Crippen LogP contribution is -2.35. The lowest BCUT2D eigenvalue weighted by atomic mass is 10.2. The van der Waals surface area contributed by atoms with E-state index in [0.29, 0.717) is 4.47 Å². The number of nitrogens with zero attached hydrogens (tertiary/aromatic N) is 2. The van der Waals surface area contributed by atoms with Gasteiger partial charge in [-0.05, 0) is 18.2 Å². The van der Waals surface area contributed by atoms with E-state index in [4.69, 9.17) is 11.6 Å². The van der Waals surface area contributed by atoms with Crippen molar-refractivity contribution in [2.45, 2.75) is 12.1 Å². The molecule has 2 aromatic rings. The van der Waals surface area contributed by atoms with Crippen molar-refractivity contribution in [2.24, 2.45) is 0 Å².